The molecule has 18 heavy (non-hydrogen) atoms. The fraction of sp³-hybridized carbons (Fsp3) is 0.364. The van der Waals surface area contributed by atoms with Crippen LogP contribution in [0.3, 0.4) is 0 Å². The van der Waals surface area contributed by atoms with E-state index in [2.05, 4.69) is 15.1 Å². The number of amidine groups is 1. The molecule has 0 aliphatic carbocycles. The summed E-state index contributed by atoms with van der Waals surface area (Å²) in [6.07, 6.45) is 4.23. The normalized spacial score (nSPS) is 15.1. The van der Waals surface area contributed by atoms with Crippen molar-refractivity contribution in [1.82, 2.24) is 10.8 Å². The van der Waals surface area contributed by atoms with Crippen LogP contribution in [0.15, 0.2) is 28.4 Å². The number of hydrogen-bond donors (Lipinski definition) is 3. The van der Waals surface area contributed by atoms with E-state index in [9.17, 15) is 9.59 Å². The fourth-order valence-electron chi connectivity index (χ4n) is 1.47. The molecule has 0 aromatic heterocycles. The number of carbonyl (C=O) groups is 2. The summed E-state index contributed by atoms with van der Waals surface area (Å²) < 4.78 is 0. The highest BCUT2D eigenvalue weighted by molar-refractivity contribution is 6.06. The Labute approximate surface area is 105 Å². The van der Waals surface area contributed by atoms with Gasteiger partial charge in [-0.25, -0.2) is 9.59 Å². The second-order valence-electron chi connectivity index (χ2n) is 3.55. The van der Waals surface area contributed by atoms with Crippen LogP contribution in [-0.2, 0) is 9.63 Å². The fourth-order valence-corrected chi connectivity index (χ4v) is 1.47. The monoisotopic (exact) mass is 252 g/mol. The van der Waals surface area contributed by atoms with Gasteiger partial charge in [0.05, 0.1) is 6.54 Å². The van der Waals surface area contributed by atoms with Gasteiger partial charge in [0.2, 0.25) is 0 Å². The molecule has 0 radical (unpaired) electrons. The lowest BCUT2D eigenvalue weighted by molar-refractivity contribution is -0.143. The Kier molecular flexibility index (Phi) is 4.91. The van der Waals surface area contributed by atoms with Crippen LogP contribution in [0, 0.1) is 0 Å². The quantitative estimate of drug-likeness (QED) is 0.498. The first-order valence-corrected chi connectivity index (χ1v) is 5.49. The van der Waals surface area contributed by atoms with Crippen LogP contribution in [-0.4, -0.2) is 24.4 Å². The second kappa shape index (κ2) is 6.43. The molecule has 2 amide bonds. The lowest BCUT2D eigenvalue weighted by Gasteiger charge is -2.14. The lowest BCUT2D eigenvalue weighted by atomic mass is 10.1. The number of nitrogens with zero attached hydrogens (tertiary/aromatic N) is 1. The predicted molar refractivity (Wildman–Crippen MR) is 66.4 cm³/mol. The number of rotatable bonds is 3. The minimum atomic E-state index is -0.926. The number of hydrogen-bond acceptors (Lipinski definition) is 5. The number of amides is 2. The summed E-state index contributed by atoms with van der Waals surface area (Å²) in [5.41, 5.74) is 7.69. The van der Waals surface area contributed by atoms with Gasteiger partial charge in [0.15, 0.2) is 0 Å². The van der Waals surface area contributed by atoms with E-state index in [0.29, 0.717) is 24.4 Å². The molecule has 0 fully saturated rings. The van der Waals surface area contributed by atoms with Gasteiger partial charge in [-0.3, -0.25) is 4.99 Å². The molecule has 0 saturated heterocycles. The van der Waals surface area contributed by atoms with Crippen LogP contribution in [0.2, 0.25) is 0 Å². The number of nitrogens with one attached hydrogen (secondary N) is 2. The number of urea groups is 1. The largest absolute Gasteiger partial charge is 0.359 e. The SMILES string of the molecule is CCC(C1=NCC=CN1)=C(C)C(=O)ONC(N)=O. The van der Waals surface area contributed by atoms with Gasteiger partial charge in [-0.05, 0) is 19.4 Å². The summed E-state index contributed by atoms with van der Waals surface area (Å²) in [4.78, 5) is 30.8. The molecule has 1 aliphatic heterocycles. The zero-order chi connectivity index (χ0) is 13.5. The molecule has 0 unspecified atom stereocenters. The molecular formula is C11H16N4O3. The highest BCUT2D eigenvalue weighted by Crippen LogP contribution is 2.12. The molecule has 98 valence electrons. The topological polar surface area (TPSA) is 106 Å². The molecule has 1 heterocycles. The van der Waals surface area contributed by atoms with E-state index in [1.54, 1.807) is 18.6 Å². The van der Waals surface area contributed by atoms with Crippen LogP contribution < -0.4 is 16.5 Å². The highest BCUT2D eigenvalue weighted by atomic mass is 16.7. The number of hydroxylamine groups is 1. The van der Waals surface area contributed by atoms with Crippen molar-refractivity contribution < 1.29 is 14.4 Å². The zero-order valence-corrected chi connectivity index (χ0v) is 10.3. The summed E-state index contributed by atoms with van der Waals surface area (Å²) >= 11 is 0. The Bertz CT molecular complexity index is 438. The standard InChI is InChI=1S/C11H16N4O3/c1-3-8(9-13-5-4-6-14-9)7(2)10(16)18-15-11(12)17/h4-5H,3,6H2,1-2H3,(H,13,14)(H3,12,15,17). The molecule has 0 aromatic rings. The first-order chi connectivity index (χ1) is 8.56. The van der Waals surface area contributed by atoms with Gasteiger partial charge in [-0.2, -0.15) is 5.48 Å². The number of aliphatic imine (C=N–C) groups is 1. The third-order valence-corrected chi connectivity index (χ3v) is 2.34. The van der Waals surface area contributed by atoms with Crippen LogP contribution in [0.5, 0.6) is 0 Å². The van der Waals surface area contributed by atoms with E-state index in [-0.39, 0.29) is 0 Å². The number of nitrogens with two attached hydrogens (primary N) is 1. The van der Waals surface area contributed by atoms with E-state index in [4.69, 9.17) is 5.73 Å². The summed E-state index contributed by atoms with van der Waals surface area (Å²) in [5.74, 6) is -0.0294. The predicted octanol–water partition coefficient (Wildman–Crippen LogP) is 0.355. The van der Waals surface area contributed by atoms with Crippen LogP contribution in [0.4, 0.5) is 4.79 Å². The van der Waals surface area contributed by atoms with Crippen LogP contribution >= 0.6 is 0 Å². The maximum absolute atomic E-state index is 11.6. The van der Waals surface area contributed by atoms with E-state index in [1.165, 1.54) is 0 Å². The van der Waals surface area contributed by atoms with Crippen molar-refractivity contribution in [2.75, 3.05) is 6.54 Å². The van der Waals surface area contributed by atoms with E-state index in [1.807, 2.05) is 13.0 Å². The molecule has 0 atom stereocenters. The maximum Gasteiger partial charge on any atom is 0.359 e. The van der Waals surface area contributed by atoms with Crippen molar-refractivity contribution in [3.8, 4) is 0 Å². The first-order valence-electron chi connectivity index (χ1n) is 5.49. The van der Waals surface area contributed by atoms with Crippen molar-refractivity contribution >= 4 is 17.8 Å². The minimum absolute atomic E-state index is 0.368. The Morgan fingerprint density at radius 2 is 2.33 bits per heavy atom. The Morgan fingerprint density at radius 3 is 2.83 bits per heavy atom. The minimum Gasteiger partial charge on any atom is -0.349 e. The second-order valence-corrected chi connectivity index (χ2v) is 3.55. The molecule has 0 aromatic carbocycles. The van der Waals surface area contributed by atoms with Crippen molar-refractivity contribution in [1.29, 1.82) is 0 Å². The molecule has 4 N–H and O–H groups in total. The molecule has 7 heteroatoms. The van der Waals surface area contributed by atoms with Crippen molar-refractivity contribution in [3.05, 3.63) is 23.4 Å². The number of primary amides is 1. The van der Waals surface area contributed by atoms with E-state index in [0.717, 1.165) is 5.57 Å². The summed E-state index contributed by atoms with van der Waals surface area (Å²) in [7, 11) is 0. The van der Waals surface area contributed by atoms with E-state index < -0.39 is 12.0 Å². The summed E-state index contributed by atoms with van der Waals surface area (Å²) in [6, 6.07) is -0.926. The smallest absolute Gasteiger partial charge is 0.349 e. The van der Waals surface area contributed by atoms with Crippen LogP contribution in [0.25, 0.3) is 0 Å². The molecule has 1 rings (SSSR count). The summed E-state index contributed by atoms with van der Waals surface area (Å²) in [5, 5.41) is 2.96. The van der Waals surface area contributed by atoms with Gasteiger partial charge >= 0.3 is 12.0 Å². The summed E-state index contributed by atoms with van der Waals surface area (Å²) in [6.45, 7) is 4.07. The average Bonchev–Trinajstić information content (AvgIpc) is 2.38. The van der Waals surface area contributed by atoms with E-state index >= 15 is 0 Å². The maximum atomic E-state index is 11.6. The molecule has 0 bridgehead atoms. The zero-order valence-electron chi connectivity index (χ0n) is 10.3. The Balaban J connectivity index is 2.82. The van der Waals surface area contributed by atoms with Crippen molar-refractivity contribution in [3.63, 3.8) is 0 Å². The van der Waals surface area contributed by atoms with Gasteiger partial charge in [0.25, 0.3) is 0 Å². The van der Waals surface area contributed by atoms with Gasteiger partial charge in [0.1, 0.15) is 5.84 Å². The first kappa shape index (κ1) is 13.8. The van der Waals surface area contributed by atoms with Crippen molar-refractivity contribution in [2.24, 2.45) is 10.7 Å². The molecule has 0 saturated carbocycles. The van der Waals surface area contributed by atoms with Gasteiger partial charge < -0.3 is 15.9 Å². The lowest BCUT2D eigenvalue weighted by Crippen LogP contribution is -2.33. The molecule has 0 spiro atoms. The third-order valence-electron chi connectivity index (χ3n) is 2.34. The highest BCUT2D eigenvalue weighted by Gasteiger charge is 2.16. The van der Waals surface area contributed by atoms with Gasteiger partial charge in [-0.15, -0.1) is 0 Å². The van der Waals surface area contributed by atoms with Crippen LogP contribution in [0.1, 0.15) is 20.3 Å². The Morgan fingerprint density at radius 1 is 1.61 bits per heavy atom. The van der Waals surface area contributed by atoms with Crippen molar-refractivity contribution in [2.45, 2.75) is 20.3 Å². The Hall–Kier alpha value is -2.31. The molecular weight excluding hydrogens is 236 g/mol. The van der Waals surface area contributed by atoms with Gasteiger partial charge in [-0.1, -0.05) is 6.92 Å². The molecule has 1 aliphatic rings. The average molecular weight is 252 g/mol. The van der Waals surface area contributed by atoms with Gasteiger partial charge in [0, 0.05) is 17.3 Å². The third kappa shape index (κ3) is 3.62. The molecule has 7 nitrogen and oxygen atoms in total. The number of carbonyl (C=O) groups excluding carboxylic acids is 2.